The standard InChI is InChI=1S/C19H14BrClN4O2S/c1-2-25-18(26)13-9-11(20)7-8-15(13)22-19(25)28-10-16-23-17(27-24-16)12-5-3-4-6-14(12)21/h3-9H,2,10H2,1H3. The van der Waals surface area contributed by atoms with Crippen LogP contribution in [0.4, 0.5) is 0 Å². The number of aromatic nitrogens is 4. The topological polar surface area (TPSA) is 73.8 Å². The van der Waals surface area contributed by atoms with E-state index in [1.54, 1.807) is 16.7 Å². The Morgan fingerprint density at radius 3 is 2.82 bits per heavy atom. The molecule has 0 spiro atoms. The molecule has 6 nitrogen and oxygen atoms in total. The second kappa shape index (κ2) is 8.06. The second-order valence-electron chi connectivity index (χ2n) is 5.89. The second-order valence-corrected chi connectivity index (χ2v) is 8.15. The first-order valence-electron chi connectivity index (χ1n) is 8.47. The SMILES string of the molecule is CCn1c(SCc2noc(-c3ccccc3Cl)n2)nc2ccc(Br)cc2c1=O. The Labute approximate surface area is 178 Å². The maximum Gasteiger partial charge on any atom is 0.262 e. The molecule has 0 N–H and O–H groups in total. The number of hydrogen-bond donors (Lipinski definition) is 0. The van der Waals surface area contributed by atoms with Crippen molar-refractivity contribution < 1.29 is 4.52 Å². The lowest BCUT2D eigenvalue weighted by molar-refractivity contribution is 0.425. The largest absolute Gasteiger partial charge is 0.334 e. The molecule has 0 saturated carbocycles. The number of thioether (sulfide) groups is 1. The highest BCUT2D eigenvalue weighted by Crippen LogP contribution is 2.27. The number of nitrogens with zero attached hydrogens (tertiary/aromatic N) is 4. The van der Waals surface area contributed by atoms with Crippen LogP contribution in [-0.2, 0) is 12.3 Å². The predicted octanol–water partition coefficient (Wildman–Crippen LogP) is 5.17. The molecule has 0 unspecified atom stereocenters. The molecule has 0 atom stereocenters. The van der Waals surface area contributed by atoms with Crippen molar-refractivity contribution in [2.45, 2.75) is 24.4 Å². The van der Waals surface area contributed by atoms with Gasteiger partial charge in [-0.2, -0.15) is 4.98 Å². The minimum atomic E-state index is -0.0684. The van der Waals surface area contributed by atoms with Gasteiger partial charge >= 0.3 is 0 Å². The van der Waals surface area contributed by atoms with Gasteiger partial charge in [-0.25, -0.2) is 4.98 Å². The van der Waals surface area contributed by atoms with Crippen LogP contribution in [0.25, 0.3) is 22.4 Å². The summed E-state index contributed by atoms with van der Waals surface area (Å²) in [6.45, 7) is 2.44. The molecule has 2 aromatic carbocycles. The van der Waals surface area contributed by atoms with E-state index in [4.69, 9.17) is 16.1 Å². The summed E-state index contributed by atoms with van der Waals surface area (Å²) in [6, 6.07) is 12.8. The predicted molar refractivity (Wildman–Crippen MR) is 114 cm³/mol. The van der Waals surface area contributed by atoms with E-state index in [1.165, 1.54) is 11.8 Å². The van der Waals surface area contributed by atoms with Gasteiger partial charge in [0.05, 0.1) is 27.2 Å². The van der Waals surface area contributed by atoms with Crippen LogP contribution >= 0.6 is 39.3 Å². The van der Waals surface area contributed by atoms with Crippen molar-refractivity contribution in [1.82, 2.24) is 19.7 Å². The lowest BCUT2D eigenvalue weighted by Gasteiger charge is -2.10. The lowest BCUT2D eigenvalue weighted by Crippen LogP contribution is -2.22. The molecule has 0 radical (unpaired) electrons. The average Bonchev–Trinajstić information content (AvgIpc) is 3.16. The first-order valence-corrected chi connectivity index (χ1v) is 10.6. The summed E-state index contributed by atoms with van der Waals surface area (Å²) < 4.78 is 7.83. The number of fused-ring (bicyclic) bond motifs is 1. The number of rotatable bonds is 5. The van der Waals surface area contributed by atoms with Crippen molar-refractivity contribution in [3.05, 3.63) is 68.1 Å². The zero-order valence-electron chi connectivity index (χ0n) is 14.7. The molecule has 4 rings (SSSR count). The maximum atomic E-state index is 12.8. The van der Waals surface area contributed by atoms with Crippen LogP contribution in [0.3, 0.4) is 0 Å². The van der Waals surface area contributed by atoms with E-state index in [-0.39, 0.29) is 5.56 Å². The number of halogens is 2. The summed E-state index contributed by atoms with van der Waals surface area (Å²) >= 11 is 11.0. The molecule has 0 aliphatic rings. The van der Waals surface area contributed by atoms with Crippen molar-refractivity contribution in [3.63, 3.8) is 0 Å². The van der Waals surface area contributed by atoms with Crippen LogP contribution in [0.2, 0.25) is 5.02 Å². The molecule has 9 heteroatoms. The van der Waals surface area contributed by atoms with E-state index in [2.05, 4.69) is 31.1 Å². The quantitative estimate of drug-likeness (QED) is 0.291. The minimum Gasteiger partial charge on any atom is -0.334 e. The Balaban J connectivity index is 1.62. The molecular weight excluding hydrogens is 464 g/mol. The summed E-state index contributed by atoms with van der Waals surface area (Å²) in [5.41, 5.74) is 1.28. The minimum absolute atomic E-state index is 0.0684. The van der Waals surface area contributed by atoms with E-state index in [0.717, 1.165) is 4.47 Å². The van der Waals surface area contributed by atoms with Gasteiger partial charge in [0.2, 0.25) is 0 Å². The van der Waals surface area contributed by atoms with Crippen LogP contribution < -0.4 is 5.56 Å². The molecule has 142 valence electrons. The highest BCUT2D eigenvalue weighted by atomic mass is 79.9. The monoisotopic (exact) mass is 476 g/mol. The number of hydrogen-bond acceptors (Lipinski definition) is 6. The first-order chi connectivity index (χ1) is 13.6. The van der Waals surface area contributed by atoms with E-state index in [1.807, 2.05) is 37.3 Å². The normalized spacial score (nSPS) is 11.2. The highest BCUT2D eigenvalue weighted by molar-refractivity contribution is 9.10. The summed E-state index contributed by atoms with van der Waals surface area (Å²) in [5, 5.41) is 5.76. The van der Waals surface area contributed by atoms with E-state index in [0.29, 0.717) is 50.7 Å². The van der Waals surface area contributed by atoms with Gasteiger partial charge in [0.25, 0.3) is 11.4 Å². The van der Waals surface area contributed by atoms with E-state index >= 15 is 0 Å². The summed E-state index contributed by atoms with van der Waals surface area (Å²) in [6.07, 6.45) is 0. The van der Waals surface area contributed by atoms with Gasteiger partial charge in [-0.3, -0.25) is 9.36 Å². The number of benzene rings is 2. The van der Waals surface area contributed by atoms with Crippen molar-refractivity contribution >= 4 is 50.2 Å². The summed E-state index contributed by atoms with van der Waals surface area (Å²) in [4.78, 5) is 21.8. The van der Waals surface area contributed by atoms with Gasteiger partial charge in [0.15, 0.2) is 11.0 Å². The highest BCUT2D eigenvalue weighted by Gasteiger charge is 2.15. The lowest BCUT2D eigenvalue weighted by atomic mass is 10.2. The Hall–Kier alpha value is -2.16. The third kappa shape index (κ3) is 3.72. The third-order valence-corrected chi connectivity index (χ3v) is 5.90. The molecule has 0 aliphatic carbocycles. The van der Waals surface area contributed by atoms with Crippen molar-refractivity contribution in [3.8, 4) is 11.5 Å². The maximum absolute atomic E-state index is 12.8. The summed E-state index contributed by atoms with van der Waals surface area (Å²) in [5.74, 6) is 1.29. The molecule has 4 aromatic rings. The van der Waals surface area contributed by atoms with Crippen molar-refractivity contribution in [2.24, 2.45) is 0 Å². The van der Waals surface area contributed by atoms with E-state index in [9.17, 15) is 4.79 Å². The molecule has 0 bridgehead atoms. The molecule has 0 aliphatic heterocycles. The Bertz CT molecular complexity index is 1220. The Morgan fingerprint density at radius 1 is 1.21 bits per heavy atom. The molecule has 2 aromatic heterocycles. The molecule has 0 saturated heterocycles. The van der Waals surface area contributed by atoms with Crippen LogP contribution in [0, 0.1) is 0 Å². The van der Waals surface area contributed by atoms with Crippen molar-refractivity contribution in [2.75, 3.05) is 0 Å². The van der Waals surface area contributed by atoms with Gasteiger partial charge < -0.3 is 4.52 Å². The fourth-order valence-corrected chi connectivity index (χ4v) is 4.23. The van der Waals surface area contributed by atoms with Gasteiger partial charge in [-0.1, -0.05) is 56.6 Å². The average molecular weight is 478 g/mol. The summed E-state index contributed by atoms with van der Waals surface area (Å²) in [7, 11) is 0. The van der Waals surface area contributed by atoms with Crippen LogP contribution in [-0.4, -0.2) is 19.7 Å². The molecule has 2 heterocycles. The molecule has 0 amide bonds. The Morgan fingerprint density at radius 2 is 2.04 bits per heavy atom. The molecule has 0 fully saturated rings. The molecule has 28 heavy (non-hydrogen) atoms. The van der Waals surface area contributed by atoms with Crippen LogP contribution in [0.15, 0.2) is 61.4 Å². The van der Waals surface area contributed by atoms with Gasteiger partial charge in [0, 0.05) is 11.0 Å². The molecular formula is C19H14BrClN4O2S. The smallest absolute Gasteiger partial charge is 0.262 e. The van der Waals surface area contributed by atoms with E-state index < -0.39 is 0 Å². The fourth-order valence-electron chi connectivity index (χ4n) is 2.75. The van der Waals surface area contributed by atoms with Crippen molar-refractivity contribution in [1.29, 1.82) is 0 Å². The van der Waals surface area contributed by atoms with Gasteiger partial charge in [0.1, 0.15) is 0 Å². The Kier molecular flexibility index (Phi) is 5.52. The zero-order valence-corrected chi connectivity index (χ0v) is 17.9. The fraction of sp³-hybridized carbons (Fsp3) is 0.158. The van der Waals surface area contributed by atoms with Crippen LogP contribution in [0.1, 0.15) is 12.7 Å². The first kappa shape index (κ1) is 19.2. The van der Waals surface area contributed by atoms with Gasteiger partial charge in [-0.05, 0) is 37.3 Å². The third-order valence-electron chi connectivity index (χ3n) is 4.10. The van der Waals surface area contributed by atoms with Crippen LogP contribution in [0.5, 0.6) is 0 Å². The zero-order chi connectivity index (χ0) is 19.7. The van der Waals surface area contributed by atoms with Gasteiger partial charge in [-0.15, -0.1) is 0 Å².